The fourth-order valence-corrected chi connectivity index (χ4v) is 8.51. The number of amides is 4. The average molecular weight is 846 g/mol. The van der Waals surface area contributed by atoms with Crippen molar-refractivity contribution < 1.29 is 51.3 Å². The minimum atomic E-state index is -3.97. The molecule has 2 saturated carbocycles. The molecule has 2 aliphatic carbocycles. The van der Waals surface area contributed by atoms with Crippen LogP contribution in [-0.2, 0) is 38.7 Å². The Bertz CT molecular complexity index is 2310. The molecule has 17 heteroatoms. The Morgan fingerprint density at radius 2 is 1.77 bits per heavy atom. The first-order valence-corrected chi connectivity index (χ1v) is 21.3. The summed E-state index contributed by atoms with van der Waals surface area (Å²) in [6.45, 7) is 11.5. The summed E-state index contributed by atoms with van der Waals surface area (Å²) in [7, 11) is -2.43. The zero-order valence-electron chi connectivity index (χ0n) is 34.4. The number of benzene rings is 2. The zero-order chi connectivity index (χ0) is 43.6. The molecule has 2 heterocycles. The van der Waals surface area contributed by atoms with Gasteiger partial charge in [0.2, 0.25) is 21.8 Å². The van der Waals surface area contributed by atoms with Crippen LogP contribution in [-0.4, -0.2) is 102 Å². The molecule has 16 nitrogen and oxygen atoms in total. The SMILES string of the molecule is C=C[C@@H]1C[C@]1(NC(=O)[C@@H]1C[C@@H](Oc2cc(-c3ccccc3)nc3cc(OC)ccc23)CN1C(=O)C(NC(=O)OC(C)(C)C)[C@@H](C)OC(=O)/C=C/C)C(=O)NS(=O)(=O)C1CC1. The average Bonchev–Trinajstić information content (AvgIpc) is 4.12. The van der Waals surface area contributed by atoms with E-state index < -0.39 is 86.4 Å². The molecular formula is C43H51N5O11S. The number of likely N-dealkylation sites (tertiary alicyclic amines) is 1. The summed E-state index contributed by atoms with van der Waals surface area (Å²) in [4.78, 5) is 74.7. The third-order valence-electron chi connectivity index (χ3n) is 10.5. The Hall–Kier alpha value is -5.97. The number of ether oxygens (including phenoxy) is 4. The van der Waals surface area contributed by atoms with Crippen LogP contribution in [0.2, 0.25) is 0 Å². The van der Waals surface area contributed by atoms with Crippen LogP contribution in [0.4, 0.5) is 4.79 Å². The fourth-order valence-electron chi connectivity index (χ4n) is 7.15. The summed E-state index contributed by atoms with van der Waals surface area (Å²) < 4.78 is 50.9. The van der Waals surface area contributed by atoms with Gasteiger partial charge in [-0.05, 0) is 66.0 Å². The maximum absolute atomic E-state index is 14.8. The lowest BCUT2D eigenvalue weighted by atomic mass is 10.1. The zero-order valence-corrected chi connectivity index (χ0v) is 35.2. The van der Waals surface area contributed by atoms with E-state index in [0.29, 0.717) is 40.9 Å². The Balaban J connectivity index is 1.36. The van der Waals surface area contributed by atoms with Gasteiger partial charge in [-0.1, -0.05) is 42.5 Å². The Morgan fingerprint density at radius 3 is 2.38 bits per heavy atom. The minimum absolute atomic E-state index is 0.0738. The van der Waals surface area contributed by atoms with Gasteiger partial charge in [-0.3, -0.25) is 19.1 Å². The highest BCUT2D eigenvalue weighted by Crippen LogP contribution is 2.45. The first-order chi connectivity index (χ1) is 28.4. The molecule has 3 fully saturated rings. The van der Waals surface area contributed by atoms with Crippen LogP contribution in [0.3, 0.4) is 0 Å². The molecule has 320 valence electrons. The highest BCUT2D eigenvalue weighted by atomic mass is 32.2. The van der Waals surface area contributed by atoms with Crippen LogP contribution in [0.1, 0.15) is 60.3 Å². The van der Waals surface area contributed by atoms with Crippen molar-refractivity contribution in [3.8, 4) is 22.8 Å². The van der Waals surface area contributed by atoms with Gasteiger partial charge in [0.15, 0.2) is 0 Å². The number of nitrogens with zero attached hydrogens (tertiary/aromatic N) is 2. The maximum atomic E-state index is 14.8. The van der Waals surface area contributed by atoms with Gasteiger partial charge in [0.25, 0.3) is 5.91 Å². The van der Waals surface area contributed by atoms with Crippen LogP contribution in [0.15, 0.2) is 79.4 Å². The number of hydrogen-bond acceptors (Lipinski definition) is 12. The van der Waals surface area contributed by atoms with Crippen LogP contribution >= 0.6 is 0 Å². The van der Waals surface area contributed by atoms with E-state index >= 15 is 0 Å². The summed E-state index contributed by atoms with van der Waals surface area (Å²) in [5.41, 5.74) is -0.658. The molecule has 1 aromatic heterocycles. The number of nitrogens with one attached hydrogen (secondary N) is 3. The van der Waals surface area contributed by atoms with Gasteiger partial charge < -0.3 is 34.5 Å². The summed E-state index contributed by atoms with van der Waals surface area (Å²) in [6, 6.07) is 13.6. The molecule has 6 atom stereocenters. The summed E-state index contributed by atoms with van der Waals surface area (Å²) >= 11 is 0. The third kappa shape index (κ3) is 9.89. The topological polar surface area (TPSA) is 209 Å². The number of hydrogen-bond donors (Lipinski definition) is 3. The van der Waals surface area contributed by atoms with E-state index in [1.54, 1.807) is 59.1 Å². The van der Waals surface area contributed by atoms with Crippen LogP contribution < -0.4 is 24.8 Å². The van der Waals surface area contributed by atoms with Crippen molar-refractivity contribution in [2.75, 3.05) is 13.7 Å². The van der Waals surface area contributed by atoms with Gasteiger partial charge in [-0.25, -0.2) is 23.0 Å². The van der Waals surface area contributed by atoms with E-state index in [-0.39, 0.29) is 19.4 Å². The number of sulfonamides is 1. The first kappa shape index (κ1) is 43.6. The molecule has 3 N–H and O–H groups in total. The molecule has 0 bridgehead atoms. The number of carbonyl (C=O) groups is 5. The van der Waals surface area contributed by atoms with E-state index in [2.05, 4.69) is 21.9 Å². The van der Waals surface area contributed by atoms with Crippen molar-refractivity contribution in [3.63, 3.8) is 0 Å². The normalized spacial score (nSPS) is 22.3. The fraction of sp³-hybridized carbons (Fsp3) is 0.442. The highest BCUT2D eigenvalue weighted by Gasteiger charge is 2.62. The largest absolute Gasteiger partial charge is 0.497 e. The molecule has 60 heavy (non-hydrogen) atoms. The second-order valence-corrected chi connectivity index (χ2v) is 18.1. The predicted molar refractivity (Wildman–Crippen MR) is 221 cm³/mol. The van der Waals surface area contributed by atoms with Gasteiger partial charge in [0.05, 0.1) is 30.1 Å². The molecule has 1 saturated heterocycles. The van der Waals surface area contributed by atoms with E-state index in [9.17, 15) is 32.4 Å². The minimum Gasteiger partial charge on any atom is -0.497 e. The first-order valence-electron chi connectivity index (χ1n) is 19.7. The van der Waals surface area contributed by atoms with Gasteiger partial charge >= 0.3 is 12.1 Å². The molecule has 4 amide bonds. The number of carbonyl (C=O) groups excluding carboxylic acids is 5. The van der Waals surface area contributed by atoms with Crippen molar-refractivity contribution in [1.29, 1.82) is 0 Å². The van der Waals surface area contributed by atoms with Crippen molar-refractivity contribution in [1.82, 2.24) is 25.2 Å². The number of aromatic nitrogens is 1. The van der Waals surface area contributed by atoms with E-state index in [1.807, 2.05) is 30.3 Å². The molecule has 0 spiro atoms. The Morgan fingerprint density at radius 1 is 1.05 bits per heavy atom. The van der Waals surface area contributed by atoms with Crippen LogP contribution in [0.25, 0.3) is 22.2 Å². The molecule has 3 aliphatic rings. The number of rotatable bonds is 15. The van der Waals surface area contributed by atoms with Crippen molar-refractivity contribution in [2.45, 2.75) is 101 Å². The van der Waals surface area contributed by atoms with Crippen molar-refractivity contribution in [3.05, 3.63) is 79.4 Å². The molecule has 0 radical (unpaired) electrons. The standard InChI is InChI=1S/C43H51N5O11S/c1-8-13-36(49)57-25(3)37(45-41(53)59-42(4,5)6)39(51)48-24-29(21-34(48)38(50)46-43(23-27(43)9-2)40(52)47-60(54,55)30-17-18-30)58-35-22-32(26-14-11-10-12-15-26)44-33-20-28(56-7)16-19-31(33)35/h8-16,19-20,22,25,27,29-30,34,37H,2,17-18,21,23-24H2,1,3-7H3,(H,45,53)(H,46,50)(H,47,52)/b13-8+/t25-,27-,29-,34+,37?,43-/m1/s1. The molecule has 1 aliphatic heterocycles. The van der Waals surface area contributed by atoms with E-state index in [0.717, 1.165) is 11.6 Å². The monoisotopic (exact) mass is 845 g/mol. The number of allylic oxidation sites excluding steroid dienone is 1. The van der Waals surface area contributed by atoms with Gasteiger partial charge in [-0.15, -0.1) is 6.58 Å². The van der Waals surface area contributed by atoms with E-state index in [1.165, 1.54) is 24.0 Å². The van der Waals surface area contributed by atoms with Crippen LogP contribution in [0.5, 0.6) is 11.5 Å². The number of methoxy groups -OCH3 is 1. The molecular weight excluding hydrogens is 795 g/mol. The van der Waals surface area contributed by atoms with E-state index in [4.69, 9.17) is 23.9 Å². The van der Waals surface area contributed by atoms with Gasteiger partial charge in [0.1, 0.15) is 46.9 Å². The Labute approximate surface area is 349 Å². The summed E-state index contributed by atoms with van der Waals surface area (Å²) in [6.07, 6.45) is 1.79. The second kappa shape index (κ2) is 17.3. The molecule has 2 aromatic carbocycles. The maximum Gasteiger partial charge on any atom is 0.408 e. The predicted octanol–water partition coefficient (Wildman–Crippen LogP) is 4.33. The molecule has 6 rings (SSSR count). The lowest BCUT2D eigenvalue weighted by Crippen LogP contribution is -2.60. The second-order valence-electron chi connectivity index (χ2n) is 16.2. The van der Waals surface area contributed by atoms with Crippen LogP contribution in [0, 0.1) is 5.92 Å². The number of esters is 1. The lowest BCUT2D eigenvalue weighted by Gasteiger charge is -2.32. The van der Waals surface area contributed by atoms with Crippen molar-refractivity contribution >= 4 is 50.7 Å². The quantitative estimate of drug-likeness (QED) is 0.111. The molecule has 3 aromatic rings. The number of fused-ring (bicyclic) bond motifs is 1. The smallest absolute Gasteiger partial charge is 0.408 e. The van der Waals surface area contributed by atoms with Crippen molar-refractivity contribution in [2.24, 2.45) is 5.92 Å². The molecule has 1 unspecified atom stereocenters. The lowest BCUT2D eigenvalue weighted by molar-refractivity contribution is -0.150. The summed E-state index contributed by atoms with van der Waals surface area (Å²) in [5, 5.41) is 5.21. The highest BCUT2D eigenvalue weighted by molar-refractivity contribution is 7.91. The van der Waals surface area contributed by atoms with Gasteiger partial charge in [0, 0.05) is 41.5 Å². The third-order valence-corrected chi connectivity index (χ3v) is 12.3. The Kier molecular flexibility index (Phi) is 12.6. The van der Waals surface area contributed by atoms with Gasteiger partial charge in [-0.2, -0.15) is 0 Å². The number of alkyl carbamates (subject to hydrolysis) is 1. The number of pyridine rings is 1. The summed E-state index contributed by atoms with van der Waals surface area (Å²) in [5.74, 6) is -2.91.